The van der Waals surface area contributed by atoms with Gasteiger partial charge in [-0.15, -0.1) is 0 Å². The van der Waals surface area contributed by atoms with Crippen LogP contribution in [0.3, 0.4) is 0 Å². The maximum absolute atomic E-state index is 2.25. The SMILES string of the molecule is C1=CCC([CH2][Fe][C]2=CC=CC2)=C1. The van der Waals surface area contributed by atoms with Crippen LogP contribution in [0.1, 0.15) is 12.8 Å². The van der Waals surface area contributed by atoms with Gasteiger partial charge in [-0.05, 0) is 0 Å². The zero-order valence-corrected chi connectivity index (χ0v) is 8.04. The van der Waals surface area contributed by atoms with Crippen LogP contribution in [-0.2, 0) is 15.0 Å². The third-order valence-corrected chi connectivity index (χ3v) is 3.56. The molecule has 0 amide bonds. The summed E-state index contributed by atoms with van der Waals surface area (Å²) in [6.07, 6.45) is 15.7. The topological polar surface area (TPSA) is 0 Å². The van der Waals surface area contributed by atoms with Crippen molar-refractivity contribution in [1.29, 1.82) is 0 Å². The summed E-state index contributed by atoms with van der Waals surface area (Å²) in [5, 5.41) is 1.25. The number of hydrogen-bond donors (Lipinski definition) is 0. The summed E-state index contributed by atoms with van der Waals surface area (Å²) in [6.45, 7) is 0. The van der Waals surface area contributed by atoms with Crippen molar-refractivity contribution in [2.24, 2.45) is 0 Å². The molecule has 2 aliphatic rings. The third-order valence-electron chi connectivity index (χ3n) is 1.95. The summed E-state index contributed by atoms with van der Waals surface area (Å²) in [4.78, 5) is 0. The summed E-state index contributed by atoms with van der Waals surface area (Å²) < 4.78 is 1.59. The van der Waals surface area contributed by atoms with E-state index in [1.807, 2.05) is 0 Å². The minimum absolute atomic E-state index is 1.18. The Morgan fingerprint density at radius 2 is 1.92 bits per heavy atom. The van der Waals surface area contributed by atoms with Gasteiger partial charge in [-0.25, -0.2) is 0 Å². The van der Waals surface area contributed by atoms with Gasteiger partial charge in [-0.3, -0.25) is 0 Å². The Hall–Kier alpha value is -0.521. The van der Waals surface area contributed by atoms with Gasteiger partial charge in [0.05, 0.1) is 0 Å². The van der Waals surface area contributed by atoms with Crippen molar-refractivity contribution in [3.63, 3.8) is 0 Å². The average molecular weight is 200 g/mol. The van der Waals surface area contributed by atoms with Crippen LogP contribution in [0.5, 0.6) is 0 Å². The van der Waals surface area contributed by atoms with Gasteiger partial charge in [-0.1, -0.05) is 0 Å². The van der Waals surface area contributed by atoms with E-state index >= 15 is 0 Å². The van der Waals surface area contributed by atoms with E-state index in [-0.39, 0.29) is 0 Å². The van der Waals surface area contributed by atoms with Crippen LogP contribution >= 0.6 is 0 Å². The molecule has 2 rings (SSSR count). The molecule has 0 fully saturated rings. The Morgan fingerprint density at radius 3 is 2.58 bits per heavy atom. The van der Waals surface area contributed by atoms with Crippen LogP contribution in [0, 0.1) is 0 Å². The van der Waals surface area contributed by atoms with Crippen molar-refractivity contribution in [2.45, 2.75) is 18.2 Å². The van der Waals surface area contributed by atoms with Crippen molar-refractivity contribution in [2.75, 3.05) is 0 Å². The Kier molecular flexibility index (Phi) is 2.65. The predicted molar refractivity (Wildman–Crippen MR) is 48.5 cm³/mol. The van der Waals surface area contributed by atoms with E-state index in [1.54, 1.807) is 10.0 Å². The van der Waals surface area contributed by atoms with Crippen LogP contribution < -0.4 is 0 Å². The van der Waals surface area contributed by atoms with Crippen LogP contribution in [0.2, 0.25) is 5.32 Å². The molecule has 0 aromatic heterocycles. The Morgan fingerprint density at radius 1 is 1.08 bits per heavy atom. The van der Waals surface area contributed by atoms with Crippen LogP contribution in [-0.4, -0.2) is 0 Å². The van der Waals surface area contributed by atoms with Gasteiger partial charge in [0.2, 0.25) is 0 Å². The standard InChI is InChI=1S/C6H7.C5H5.Fe/c1-6-4-2-3-5-6;1-2-4-5-3-1;/h2-4H,1,5H2;1-3H,4H2;. The van der Waals surface area contributed by atoms with Crippen molar-refractivity contribution in [1.82, 2.24) is 0 Å². The van der Waals surface area contributed by atoms with Crippen molar-refractivity contribution in [3.8, 4) is 0 Å². The number of allylic oxidation sites excluding steroid dienone is 8. The first-order valence-corrected chi connectivity index (χ1v) is 5.55. The van der Waals surface area contributed by atoms with Gasteiger partial charge < -0.3 is 0 Å². The van der Waals surface area contributed by atoms with E-state index in [4.69, 9.17) is 0 Å². The third kappa shape index (κ3) is 2.00. The first-order chi connectivity index (χ1) is 5.95. The molecular weight excluding hydrogens is 188 g/mol. The van der Waals surface area contributed by atoms with Gasteiger partial charge in [0.15, 0.2) is 0 Å². The van der Waals surface area contributed by atoms with Crippen molar-refractivity contribution in [3.05, 3.63) is 46.5 Å². The molecule has 0 N–H and O–H groups in total. The zero-order chi connectivity index (χ0) is 8.23. The molecule has 0 saturated heterocycles. The van der Waals surface area contributed by atoms with Gasteiger partial charge in [0, 0.05) is 0 Å². The minimum atomic E-state index is 1.18. The fourth-order valence-corrected chi connectivity index (χ4v) is 2.57. The molecule has 0 spiro atoms. The van der Waals surface area contributed by atoms with E-state index in [9.17, 15) is 0 Å². The molecule has 0 aromatic rings. The van der Waals surface area contributed by atoms with E-state index in [0.29, 0.717) is 0 Å². The molecule has 0 nitrogen and oxygen atoms in total. The van der Waals surface area contributed by atoms with Gasteiger partial charge in [-0.2, -0.15) is 0 Å². The van der Waals surface area contributed by atoms with E-state index < -0.39 is 0 Å². The Bertz CT molecular complexity index is 249. The average Bonchev–Trinajstić information content (AvgIpc) is 2.74. The molecular formula is C11H12Fe. The molecule has 12 heavy (non-hydrogen) atoms. The zero-order valence-electron chi connectivity index (χ0n) is 6.94. The first-order valence-electron chi connectivity index (χ1n) is 4.21. The van der Waals surface area contributed by atoms with Crippen LogP contribution in [0.25, 0.3) is 0 Å². The second kappa shape index (κ2) is 3.93. The molecule has 0 atom stereocenters. The summed E-state index contributed by atoms with van der Waals surface area (Å²) in [5.74, 6) is 0. The Labute approximate surface area is 79.9 Å². The van der Waals surface area contributed by atoms with E-state index in [1.165, 1.54) is 33.1 Å². The predicted octanol–water partition coefficient (Wildman–Crippen LogP) is 3.22. The van der Waals surface area contributed by atoms with E-state index in [0.717, 1.165) is 0 Å². The van der Waals surface area contributed by atoms with Crippen molar-refractivity contribution < 1.29 is 15.0 Å². The molecule has 0 aliphatic heterocycles. The molecule has 0 bridgehead atoms. The quantitative estimate of drug-likeness (QED) is 0.613. The fourth-order valence-electron chi connectivity index (χ4n) is 1.25. The number of hydrogen-bond acceptors (Lipinski definition) is 0. The number of rotatable bonds is 3. The van der Waals surface area contributed by atoms with Gasteiger partial charge >= 0.3 is 79.6 Å². The molecule has 0 radical (unpaired) electrons. The Balaban J connectivity index is 1.75. The summed E-state index contributed by atoms with van der Waals surface area (Å²) in [7, 11) is 0. The second-order valence-corrected chi connectivity index (χ2v) is 4.43. The normalized spacial score (nSPS) is 20.3. The summed E-state index contributed by atoms with van der Waals surface area (Å²) in [6, 6.07) is 0. The summed E-state index contributed by atoms with van der Waals surface area (Å²) in [5.41, 5.74) is 1.59. The maximum atomic E-state index is 2.25. The molecule has 0 saturated carbocycles. The molecule has 2 aliphatic carbocycles. The molecule has 0 heterocycles. The molecule has 64 valence electrons. The molecule has 1 heteroatoms. The first kappa shape index (κ1) is 8.09. The fraction of sp³-hybridized carbons (Fsp3) is 0.273. The molecule has 0 aromatic carbocycles. The van der Waals surface area contributed by atoms with Crippen LogP contribution in [0.15, 0.2) is 46.5 Å². The van der Waals surface area contributed by atoms with Gasteiger partial charge in [0.1, 0.15) is 0 Å². The monoisotopic (exact) mass is 200 g/mol. The van der Waals surface area contributed by atoms with Crippen LogP contribution in [0.4, 0.5) is 0 Å². The summed E-state index contributed by atoms with van der Waals surface area (Å²) >= 11 is 1.25. The van der Waals surface area contributed by atoms with E-state index in [2.05, 4.69) is 36.5 Å². The van der Waals surface area contributed by atoms with Gasteiger partial charge in [0.25, 0.3) is 0 Å². The van der Waals surface area contributed by atoms with Crippen molar-refractivity contribution >= 4 is 0 Å². The molecule has 0 unspecified atom stereocenters. The second-order valence-electron chi connectivity index (χ2n) is 2.94.